The Morgan fingerprint density at radius 2 is 2.15 bits per heavy atom. The van der Waals surface area contributed by atoms with Crippen molar-refractivity contribution in [1.29, 1.82) is 0 Å². The summed E-state index contributed by atoms with van der Waals surface area (Å²) in [7, 11) is 0. The number of amides is 1. The van der Waals surface area contributed by atoms with Gasteiger partial charge in [-0.1, -0.05) is 30.2 Å². The maximum atomic E-state index is 13.9. The van der Waals surface area contributed by atoms with Gasteiger partial charge < -0.3 is 5.32 Å². The summed E-state index contributed by atoms with van der Waals surface area (Å²) in [6.07, 6.45) is 3.13. The van der Waals surface area contributed by atoms with Crippen LogP contribution in [0.25, 0.3) is 10.2 Å². The summed E-state index contributed by atoms with van der Waals surface area (Å²) in [4.78, 5) is 19.4. The lowest BCUT2D eigenvalue weighted by molar-refractivity contribution is -0.118. The number of carbonyl (C=O) groups excluding carboxylic acids is 1. The third-order valence-electron chi connectivity index (χ3n) is 4.76. The highest BCUT2D eigenvalue weighted by Crippen LogP contribution is 2.35. The molecule has 0 bridgehead atoms. The number of nitrogens with zero attached hydrogens (tertiary/aromatic N) is 2. The van der Waals surface area contributed by atoms with Gasteiger partial charge >= 0.3 is 0 Å². The zero-order chi connectivity index (χ0) is 18.8. The first kappa shape index (κ1) is 18.3. The van der Waals surface area contributed by atoms with Crippen molar-refractivity contribution in [2.45, 2.75) is 25.3 Å². The zero-order valence-electron chi connectivity index (χ0n) is 14.6. The van der Waals surface area contributed by atoms with Crippen LogP contribution in [0.4, 0.5) is 10.1 Å². The van der Waals surface area contributed by atoms with Gasteiger partial charge in [0.05, 0.1) is 28.5 Å². The van der Waals surface area contributed by atoms with Crippen LogP contribution in [0.5, 0.6) is 0 Å². The lowest BCUT2D eigenvalue weighted by atomic mass is 10.0. The summed E-state index contributed by atoms with van der Waals surface area (Å²) in [5, 5.41) is 4.07. The number of fused-ring (bicyclic) bond motifs is 1. The Morgan fingerprint density at radius 1 is 1.30 bits per heavy atom. The van der Waals surface area contributed by atoms with Crippen molar-refractivity contribution < 1.29 is 9.18 Å². The number of benzene rings is 2. The van der Waals surface area contributed by atoms with Crippen molar-refractivity contribution in [2.24, 2.45) is 0 Å². The predicted molar refractivity (Wildman–Crippen MR) is 108 cm³/mol. The van der Waals surface area contributed by atoms with Gasteiger partial charge in [-0.25, -0.2) is 9.37 Å². The third kappa shape index (κ3) is 4.13. The van der Waals surface area contributed by atoms with Crippen LogP contribution in [0.1, 0.15) is 30.3 Å². The number of halogens is 2. The Bertz CT molecular complexity index is 944. The largest absolute Gasteiger partial charge is 0.322 e. The molecule has 1 aromatic heterocycles. The molecule has 0 aliphatic carbocycles. The fourth-order valence-electron chi connectivity index (χ4n) is 3.46. The van der Waals surface area contributed by atoms with Crippen molar-refractivity contribution in [3.63, 3.8) is 0 Å². The predicted octanol–water partition coefficient (Wildman–Crippen LogP) is 5.25. The first-order valence-corrected chi connectivity index (χ1v) is 10.1. The van der Waals surface area contributed by atoms with Gasteiger partial charge in [0, 0.05) is 5.02 Å². The van der Waals surface area contributed by atoms with E-state index in [9.17, 15) is 9.18 Å². The number of rotatable bonds is 4. The highest BCUT2D eigenvalue weighted by atomic mass is 35.5. The number of likely N-dealkylation sites (tertiary alicyclic amines) is 1. The molecule has 1 aliphatic rings. The topological polar surface area (TPSA) is 45.2 Å². The summed E-state index contributed by atoms with van der Waals surface area (Å²) in [6, 6.07) is 12.3. The average Bonchev–Trinajstić information content (AvgIpc) is 3.09. The van der Waals surface area contributed by atoms with Gasteiger partial charge in [-0.3, -0.25) is 9.69 Å². The van der Waals surface area contributed by atoms with Crippen LogP contribution < -0.4 is 5.32 Å². The number of carbonyl (C=O) groups is 1. The molecule has 4 nitrogen and oxygen atoms in total. The van der Waals surface area contributed by atoms with E-state index in [0.717, 1.165) is 41.0 Å². The lowest BCUT2D eigenvalue weighted by Gasteiger charge is -2.33. The minimum Gasteiger partial charge on any atom is -0.322 e. The minimum absolute atomic E-state index is 0.112. The molecule has 140 valence electrons. The number of piperidine rings is 1. The summed E-state index contributed by atoms with van der Waals surface area (Å²) >= 11 is 7.58. The van der Waals surface area contributed by atoms with Crippen LogP contribution in [0.2, 0.25) is 5.02 Å². The van der Waals surface area contributed by atoms with Crippen LogP contribution in [0, 0.1) is 5.82 Å². The van der Waals surface area contributed by atoms with E-state index in [1.807, 2.05) is 18.2 Å². The van der Waals surface area contributed by atoms with E-state index in [1.54, 1.807) is 11.3 Å². The molecule has 2 aromatic carbocycles. The molecule has 4 rings (SSSR count). The summed E-state index contributed by atoms with van der Waals surface area (Å²) in [5.41, 5.74) is 1.11. The standard InChI is InChI=1S/C20H19ClFN3OS/c21-13-8-9-14(22)16(11-13)23-19(26)12-25-10-4-3-6-17(25)20-24-15-5-1-2-7-18(15)27-20/h1-2,5,7-9,11,17H,3-4,6,10,12H2,(H,23,26)/t17-/m1/s1. The molecule has 1 amide bonds. The Kier molecular flexibility index (Phi) is 5.38. The van der Waals surface area contributed by atoms with E-state index in [1.165, 1.54) is 18.2 Å². The van der Waals surface area contributed by atoms with Crippen LogP contribution in [0.15, 0.2) is 42.5 Å². The number of nitrogens with one attached hydrogen (secondary N) is 1. The quantitative estimate of drug-likeness (QED) is 0.646. The molecule has 3 aromatic rings. The van der Waals surface area contributed by atoms with Gasteiger partial charge in [0.25, 0.3) is 0 Å². The van der Waals surface area contributed by atoms with E-state index >= 15 is 0 Å². The molecule has 7 heteroatoms. The van der Waals surface area contributed by atoms with Crippen molar-refractivity contribution >= 4 is 44.7 Å². The smallest absolute Gasteiger partial charge is 0.238 e. The molecule has 0 radical (unpaired) electrons. The lowest BCUT2D eigenvalue weighted by Crippen LogP contribution is -2.39. The van der Waals surface area contributed by atoms with Crippen LogP contribution >= 0.6 is 22.9 Å². The molecule has 0 unspecified atom stereocenters. The van der Waals surface area contributed by atoms with Gasteiger partial charge in [-0.15, -0.1) is 11.3 Å². The fraction of sp³-hybridized carbons (Fsp3) is 0.300. The highest BCUT2D eigenvalue weighted by molar-refractivity contribution is 7.18. The van der Waals surface area contributed by atoms with Crippen molar-refractivity contribution in [3.8, 4) is 0 Å². The molecule has 1 fully saturated rings. The Labute approximate surface area is 166 Å². The van der Waals surface area contributed by atoms with Gasteiger partial charge in [0.15, 0.2) is 0 Å². The molecular formula is C20H19ClFN3OS. The molecule has 1 saturated heterocycles. The number of anilines is 1. The van der Waals surface area contributed by atoms with Gasteiger partial charge in [0.1, 0.15) is 10.8 Å². The normalized spacial score (nSPS) is 17.9. The maximum absolute atomic E-state index is 13.9. The summed E-state index contributed by atoms with van der Waals surface area (Å²) in [6.45, 7) is 1.03. The number of aromatic nitrogens is 1. The van der Waals surface area contributed by atoms with E-state index in [-0.39, 0.29) is 24.2 Å². The van der Waals surface area contributed by atoms with Gasteiger partial charge in [0.2, 0.25) is 5.91 Å². The number of para-hydroxylation sites is 1. The number of hydrogen-bond donors (Lipinski definition) is 1. The second-order valence-electron chi connectivity index (χ2n) is 6.67. The monoisotopic (exact) mass is 403 g/mol. The van der Waals surface area contributed by atoms with Crippen molar-refractivity contribution in [2.75, 3.05) is 18.4 Å². The Hall–Kier alpha value is -2.02. The molecule has 0 spiro atoms. The average molecular weight is 404 g/mol. The molecular weight excluding hydrogens is 385 g/mol. The summed E-state index contributed by atoms with van der Waals surface area (Å²) in [5.74, 6) is -0.738. The van der Waals surface area contributed by atoms with Crippen molar-refractivity contribution in [3.05, 3.63) is 58.3 Å². The molecule has 1 atom stereocenters. The number of thiazole rings is 1. The van der Waals surface area contributed by atoms with Crippen LogP contribution in [-0.4, -0.2) is 28.9 Å². The first-order chi connectivity index (χ1) is 13.1. The fourth-order valence-corrected chi connectivity index (χ4v) is 4.77. The van der Waals surface area contributed by atoms with Gasteiger partial charge in [-0.2, -0.15) is 0 Å². The highest BCUT2D eigenvalue weighted by Gasteiger charge is 2.28. The second kappa shape index (κ2) is 7.92. The molecule has 27 heavy (non-hydrogen) atoms. The second-order valence-corrected chi connectivity index (χ2v) is 8.17. The molecule has 1 aliphatic heterocycles. The minimum atomic E-state index is -0.492. The van der Waals surface area contributed by atoms with Crippen LogP contribution in [0.3, 0.4) is 0 Å². The third-order valence-corrected chi connectivity index (χ3v) is 6.13. The van der Waals surface area contributed by atoms with Gasteiger partial charge in [-0.05, 0) is 49.7 Å². The van der Waals surface area contributed by atoms with E-state index in [4.69, 9.17) is 16.6 Å². The zero-order valence-corrected chi connectivity index (χ0v) is 16.2. The Balaban J connectivity index is 1.50. The first-order valence-electron chi connectivity index (χ1n) is 8.94. The van der Waals surface area contributed by atoms with Crippen LogP contribution in [-0.2, 0) is 4.79 Å². The number of hydrogen-bond acceptors (Lipinski definition) is 4. The van der Waals surface area contributed by atoms with E-state index < -0.39 is 5.82 Å². The summed E-state index contributed by atoms with van der Waals surface area (Å²) < 4.78 is 15.0. The van der Waals surface area contributed by atoms with E-state index in [0.29, 0.717) is 5.02 Å². The molecule has 2 heterocycles. The molecule has 0 saturated carbocycles. The molecule has 1 N–H and O–H groups in total. The SMILES string of the molecule is O=C(CN1CCCC[C@@H]1c1nc2ccccc2s1)Nc1cc(Cl)ccc1F. The van der Waals surface area contributed by atoms with E-state index in [2.05, 4.69) is 16.3 Å². The van der Waals surface area contributed by atoms with Crippen molar-refractivity contribution in [1.82, 2.24) is 9.88 Å². The maximum Gasteiger partial charge on any atom is 0.238 e. The Morgan fingerprint density at radius 3 is 3.00 bits per heavy atom.